The molecule has 2 rings (SSSR count). The molecule has 102 valence electrons. The molecule has 0 unspecified atom stereocenters. The van der Waals surface area contributed by atoms with Crippen LogP contribution in [0.4, 0.5) is 0 Å². The zero-order chi connectivity index (χ0) is 14.9. The Bertz CT molecular complexity index is 708. The summed E-state index contributed by atoms with van der Waals surface area (Å²) in [6.45, 7) is 1.69. The maximum Gasteiger partial charge on any atom is 0.336 e. The van der Waals surface area contributed by atoms with Crippen molar-refractivity contribution in [1.82, 2.24) is 0 Å². The highest BCUT2D eigenvalue weighted by Crippen LogP contribution is 2.27. The predicted octanol–water partition coefficient (Wildman–Crippen LogP) is 4.23. The Labute approximate surface area is 125 Å². The molecule has 0 radical (unpaired) electrons. The molecule has 5 heteroatoms. The summed E-state index contributed by atoms with van der Waals surface area (Å²) < 4.78 is 0. The van der Waals surface area contributed by atoms with Crippen LogP contribution in [0.5, 0.6) is 0 Å². The third kappa shape index (κ3) is 2.69. The monoisotopic (exact) mass is 308 g/mol. The molecule has 0 aliphatic rings. The van der Waals surface area contributed by atoms with Gasteiger partial charge in [-0.2, -0.15) is 0 Å². The lowest BCUT2D eigenvalue weighted by Crippen LogP contribution is -2.10. The van der Waals surface area contributed by atoms with E-state index in [1.165, 1.54) is 18.2 Å². The van der Waals surface area contributed by atoms with E-state index >= 15 is 0 Å². The summed E-state index contributed by atoms with van der Waals surface area (Å²) in [5.74, 6) is -1.57. The minimum atomic E-state index is -1.15. The average molecular weight is 309 g/mol. The van der Waals surface area contributed by atoms with Crippen molar-refractivity contribution in [2.24, 2.45) is 0 Å². The SMILES string of the molecule is Cc1c(Cl)cc(Cl)cc1C(=O)c1ccccc1C(=O)O. The molecule has 0 aliphatic carbocycles. The molecule has 0 atom stereocenters. The maximum absolute atomic E-state index is 12.5. The topological polar surface area (TPSA) is 54.4 Å². The van der Waals surface area contributed by atoms with Gasteiger partial charge in [0.25, 0.3) is 0 Å². The summed E-state index contributed by atoms with van der Waals surface area (Å²) in [6, 6.07) is 9.07. The van der Waals surface area contributed by atoms with E-state index in [1.807, 2.05) is 0 Å². The van der Waals surface area contributed by atoms with Gasteiger partial charge in [0.05, 0.1) is 5.56 Å². The fraction of sp³-hybridized carbons (Fsp3) is 0.0667. The van der Waals surface area contributed by atoms with Crippen LogP contribution in [0.25, 0.3) is 0 Å². The lowest BCUT2D eigenvalue weighted by atomic mass is 9.95. The van der Waals surface area contributed by atoms with Crippen LogP contribution in [-0.2, 0) is 0 Å². The van der Waals surface area contributed by atoms with Gasteiger partial charge >= 0.3 is 5.97 Å². The largest absolute Gasteiger partial charge is 0.478 e. The predicted molar refractivity (Wildman–Crippen MR) is 78.0 cm³/mol. The van der Waals surface area contributed by atoms with Crippen molar-refractivity contribution in [2.75, 3.05) is 0 Å². The molecular weight excluding hydrogens is 299 g/mol. The second-order valence-electron chi connectivity index (χ2n) is 4.24. The molecule has 0 saturated carbocycles. The minimum Gasteiger partial charge on any atom is -0.478 e. The molecule has 0 bridgehead atoms. The van der Waals surface area contributed by atoms with Crippen molar-refractivity contribution < 1.29 is 14.7 Å². The third-order valence-electron chi connectivity index (χ3n) is 2.96. The minimum absolute atomic E-state index is 0.0482. The molecule has 1 N–H and O–H groups in total. The summed E-state index contributed by atoms with van der Waals surface area (Å²) in [6.07, 6.45) is 0. The fourth-order valence-corrected chi connectivity index (χ4v) is 2.39. The molecule has 3 nitrogen and oxygen atoms in total. The highest BCUT2D eigenvalue weighted by Gasteiger charge is 2.20. The van der Waals surface area contributed by atoms with Crippen molar-refractivity contribution in [2.45, 2.75) is 6.92 Å². The summed E-state index contributed by atoms with van der Waals surface area (Å²) in [5, 5.41) is 9.84. The molecule has 0 aliphatic heterocycles. The Hall–Kier alpha value is -1.84. The van der Waals surface area contributed by atoms with E-state index in [2.05, 4.69) is 0 Å². The van der Waals surface area contributed by atoms with Crippen molar-refractivity contribution in [1.29, 1.82) is 0 Å². The van der Waals surface area contributed by atoms with Gasteiger partial charge in [0.15, 0.2) is 5.78 Å². The fourth-order valence-electron chi connectivity index (χ4n) is 1.89. The number of hydrogen-bond donors (Lipinski definition) is 1. The zero-order valence-corrected chi connectivity index (χ0v) is 12.0. The van der Waals surface area contributed by atoms with Crippen molar-refractivity contribution in [3.8, 4) is 0 Å². The molecule has 0 aromatic heterocycles. The van der Waals surface area contributed by atoms with Crippen LogP contribution in [-0.4, -0.2) is 16.9 Å². The normalized spacial score (nSPS) is 10.3. The number of carbonyl (C=O) groups excluding carboxylic acids is 1. The zero-order valence-electron chi connectivity index (χ0n) is 10.5. The first-order valence-corrected chi connectivity index (χ1v) is 6.50. The van der Waals surface area contributed by atoms with E-state index in [4.69, 9.17) is 28.3 Å². The molecule has 20 heavy (non-hydrogen) atoms. The molecule has 0 saturated heterocycles. The van der Waals surface area contributed by atoms with Gasteiger partial charge in [0.1, 0.15) is 0 Å². The maximum atomic E-state index is 12.5. The number of carbonyl (C=O) groups is 2. The molecule has 0 heterocycles. The molecular formula is C15H10Cl2O3. The van der Waals surface area contributed by atoms with E-state index in [1.54, 1.807) is 25.1 Å². The average Bonchev–Trinajstić information content (AvgIpc) is 2.42. The summed E-state index contributed by atoms with van der Waals surface area (Å²) in [4.78, 5) is 23.7. The van der Waals surface area contributed by atoms with Gasteiger partial charge < -0.3 is 5.11 Å². The van der Waals surface area contributed by atoms with Crippen molar-refractivity contribution >= 4 is 35.0 Å². The van der Waals surface area contributed by atoms with Crippen molar-refractivity contribution in [3.63, 3.8) is 0 Å². The molecule has 2 aromatic rings. The lowest BCUT2D eigenvalue weighted by Gasteiger charge is -2.09. The van der Waals surface area contributed by atoms with Gasteiger partial charge in [-0.25, -0.2) is 4.79 Å². The third-order valence-corrected chi connectivity index (χ3v) is 3.57. The van der Waals surface area contributed by atoms with Crippen LogP contribution in [0.2, 0.25) is 10.0 Å². The van der Waals surface area contributed by atoms with E-state index in [9.17, 15) is 9.59 Å². The Morgan fingerprint density at radius 2 is 1.60 bits per heavy atom. The van der Waals surface area contributed by atoms with E-state index in [0.29, 0.717) is 21.2 Å². The first-order valence-electron chi connectivity index (χ1n) is 5.74. The van der Waals surface area contributed by atoms with Gasteiger partial charge in [-0.15, -0.1) is 0 Å². The van der Waals surface area contributed by atoms with E-state index in [0.717, 1.165) is 0 Å². The second-order valence-corrected chi connectivity index (χ2v) is 5.08. The number of ketones is 1. The van der Waals surface area contributed by atoms with Crippen LogP contribution >= 0.6 is 23.2 Å². The van der Waals surface area contributed by atoms with Gasteiger partial charge in [0, 0.05) is 21.2 Å². The number of hydrogen-bond acceptors (Lipinski definition) is 2. The number of halogens is 2. The van der Waals surface area contributed by atoms with E-state index in [-0.39, 0.29) is 11.1 Å². The molecule has 0 fully saturated rings. The number of rotatable bonds is 3. The first-order chi connectivity index (χ1) is 9.41. The van der Waals surface area contributed by atoms with Crippen molar-refractivity contribution in [3.05, 3.63) is 68.7 Å². The van der Waals surface area contributed by atoms with Crippen LogP contribution < -0.4 is 0 Å². The summed E-state index contributed by atoms with van der Waals surface area (Å²) >= 11 is 11.9. The Kier molecular flexibility index (Phi) is 4.12. The standard InChI is InChI=1S/C15H10Cl2O3/c1-8-12(6-9(16)7-13(8)17)14(18)10-4-2-3-5-11(10)15(19)20/h2-7H,1H3,(H,19,20). The van der Waals surface area contributed by atoms with Crippen LogP contribution in [0.15, 0.2) is 36.4 Å². The number of carboxylic acids is 1. The van der Waals surface area contributed by atoms with Crippen LogP contribution in [0.1, 0.15) is 31.8 Å². The van der Waals surface area contributed by atoms with Gasteiger partial charge in [-0.1, -0.05) is 41.4 Å². The number of benzene rings is 2. The van der Waals surface area contributed by atoms with Gasteiger partial charge in [-0.3, -0.25) is 4.79 Å². The summed E-state index contributed by atoms with van der Waals surface area (Å²) in [5.41, 5.74) is 0.937. The van der Waals surface area contributed by atoms with Crippen LogP contribution in [0, 0.1) is 6.92 Å². The smallest absolute Gasteiger partial charge is 0.336 e. The molecule has 2 aromatic carbocycles. The van der Waals surface area contributed by atoms with Gasteiger partial charge in [-0.05, 0) is 30.7 Å². The quantitative estimate of drug-likeness (QED) is 0.863. The van der Waals surface area contributed by atoms with Gasteiger partial charge in [0.2, 0.25) is 0 Å². The highest BCUT2D eigenvalue weighted by molar-refractivity contribution is 6.36. The molecule has 0 amide bonds. The highest BCUT2D eigenvalue weighted by atomic mass is 35.5. The lowest BCUT2D eigenvalue weighted by molar-refractivity contribution is 0.0693. The second kappa shape index (κ2) is 5.65. The Morgan fingerprint density at radius 1 is 1.00 bits per heavy atom. The Morgan fingerprint density at radius 3 is 2.20 bits per heavy atom. The summed E-state index contributed by atoms with van der Waals surface area (Å²) in [7, 11) is 0. The number of carboxylic acid groups (broad SMARTS) is 1. The molecule has 0 spiro atoms. The van der Waals surface area contributed by atoms with E-state index < -0.39 is 11.8 Å². The first kappa shape index (κ1) is 14.6. The Balaban J connectivity index is 2.61. The van der Waals surface area contributed by atoms with Crippen LogP contribution in [0.3, 0.4) is 0 Å². The number of aromatic carboxylic acids is 1.